The number of halogens is 2. The molecule has 2 aromatic rings. The first-order valence-electron chi connectivity index (χ1n) is 5.59. The monoisotopic (exact) mass is 356 g/mol. The summed E-state index contributed by atoms with van der Waals surface area (Å²) < 4.78 is 5.59. The molecule has 2 amide bonds. The summed E-state index contributed by atoms with van der Waals surface area (Å²) in [5.74, 6) is -0.581. The SMILES string of the molecule is CNC(=O)c1ccc(Cl)c(NC(=O)c2ccc(Br)o2)c1. The van der Waals surface area contributed by atoms with E-state index in [9.17, 15) is 9.59 Å². The van der Waals surface area contributed by atoms with E-state index in [0.29, 0.717) is 20.9 Å². The molecular formula is C13H10BrClN2O3. The predicted molar refractivity (Wildman–Crippen MR) is 79.2 cm³/mol. The average molecular weight is 358 g/mol. The van der Waals surface area contributed by atoms with Gasteiger partial charge in [0.25, 0.3) is 11.8 Å². The second-order valence-electron chi connectivity index (χ2n) is 3.83. The number of rotatable bonds is 3. The van der Waals surface area contributed by atoms with E-state index in [4.69, 9.17) is 16.0 Å². The third-order valence-electron chi connectivity index (χ3n) is 2.50. The van der Waals surface area contributed by atoms with Crippen molar-refractivity contribution in [1.29, 1.82) is 0 Å². The van der Waals surface area contributed by atoms with Crippen LogP contribution >= 0.6 is 27.5 Å². The van der Waals surface area contributed by atoms with Crippen molar-refractivity contribution in [3.63, 3.8) is 0 Å². The number of hydrogen-bond donors (Lipinski definition) is 2. The summed E-state index contributed by atoms with van der Waals surface area (Å²) in [6.45, 7) is 0. The van der Waals surface area contributed by atoms with Crippen LogP contribution < -0.4 is 10.6 Å². The molecule has 0 unspecified atom stereocenters. The van der Waals surface area contributed by atoms with Crippen LogP contribution in [0, 0.1) is 0 Å². The predicted octanol–water partition coefficient (Wildman–Crippen LogP) is 3.31. The molecular weight excluding hydrogens is 348 g/mol. The molecule has 0 atom stereocenters. The van der Waals surface area contributed by atoms with E-state index in [1.54, 1.807) is 18.2 Å². The van der Waals surface area contributed by atoms with Crippen LogP contribution in [0.15, 0.2) is 39.4 Å². The van der Waals surface area contributed by atoms with Gasteiger partial charge >= 0.3 is 0 Å². The molecule has 0 bridgehead atoms. The number of amides is 2. The van der Waals surface area contributed by atoms with Gasteiger partial charge in [0.2, 0.25) is 0 Å². The fourth-order valence-corrected chi connectivity index (χ4v) is 2.00. The molecule has 0 aliphatic rings. The van der Waals surface area contributed by atoms with Gasteiger partial charge in [0.1, 0.15) is 0 Å². The largest absolute Gasteiger partial charge is 0.444 e. The molecule has 0 aliphatic heterocycles. The molecule has 0 fully saturated rings. The number of benzene rings is 1. The quantitative estimate of drug-likeness (QED) is 0.885. The Bertz CT molecular complexity index is 669. The van der Waals surface area contributed by atoms with Crippen LogP contribution in [0.5, 0.6) is 0 Å². The lowest BCUT2D eigenvalue weighted by Gasteiger charge is -2.08. The molecule has 0 aliphatic carbocycles. The number of furan rings is 1. The van der Waals surface area contributed by atoms with Crippen molar-refractivity contribution >= 4 is 45.0 Å². The molecule has 5 nitrogen and oxygen atoms in total. The standard InChI is InChI=1S/C13H10BrClN2O3/c1-16-12(18)7-2-3-8(15)9(6-7)17-13(19)10-4-5-11(14)20-10/h2-6H,1H3,(H,16,18)(H,17,19). The summed E-state index contributed by atoms with van der Waals surface area (Å²) >= 11 is 9.11. The van der Waals surface area contributed by atoms with E-state index in [1.165, 1.54) is 19.2 Å². The van der Waals surface area contributed by atoms with E-state index in [-0.39, 0.29) is 11.7 Å². The molecule has 2 N–H and O–H groups in total. The maximum Gasteiger partial charge on any atom is 0.291 e. The topological polar surface area (TPSA) is 71.3 Å². The van der Waals surface area contributed by atoms with Crippen molar-refractivity contribution in [3.05, 3.63) is 51.3 Å². The van der Waals surface area contributed by atoms with Gasteiger partial charge in [-0.2, -0.15) is 0 Å². The minimum atomic E-state index is -0.452. The highest BCUT2D eigenvalue weighted by atomic mass is 79.9. The minimum Gasteiger partial charge on any atom is -0.444 e. The Kier molecular flexibility index (Phi) is 4.46. The van der Waals surface area contributed by atoms with Gasteiger partial charge in [-0.05, 0) is 46.3 Å². The highest BCUT2D eigenvalue weighted by Gasteiger charge is 2.14. The maximum atomic E-state index is 11.9. The molecule has 104 valence electrons. The van der Waals surface area contributed by atoms with Gasteiger partial charge in [0.05, 0.1) is 10.7 Å². The Morgan fingerprint density at radius 1 is 1.20 bits per heavy atom. The maximum absolute atomic E-state index is 11.9. The Labute approximate surface area is 128 Å². The van der Waals surface area contributed by atoms with Gasteiger partial charge < -0.3 is 15.1 Å². The van der Waals surface area contributed by atoms with Crippen LogP contribution in [-0.2, 0) is 0 Å². The van der Waals surface area contributed by atoms with Crippen LogP contribution in [0.2, 0.25) is 5.02 Å². The van der Waals surface area contributed by atoms with Gasteiger partial charge in [0.15, 0.2) is 10.4 Å². The summed E-state index contributed by atoms with van der Waals surface area (Å²) in [5.41, 5.74) is 0.734. The van der Waals surface area contributed by atoms with E-state index in [2.05, 4.69) is 26.6 Å². The van der Waals surface area contributed by atoms with Crippen LogP contribution in [0.1, 0.15) is 20.9 Å². The molecule has 0 saturated heterocycles. The zero-order valence-electron chi connectivity index (χ0n) is 10.4. The molecule has 0 radical (unpaired) electrons. The Morgan fingerprint density at radius 2 is 1.95 bits per heavy atom. The number of hydrogen-bond acceptors (Lipinski definition) is 3. The van der Waals surface area contributed by atoms with Crippen molar-refractivity contribution in [2.45, 2.75) is 0 Å². The molecule has 0 saturated carbocycles. The molecule has 1 aromatic carbocycles. The first-order chi connectivity index (χ1) is 9.51. The molecule has 2 rings (SSSR count). The van der Waals surface area contributed by atoms with Crippen LogP contribution in [0.3, 0.4) is 0 Å². The van der Waals surface area contributed by atoms with Crippen molar-refractivity contribution in [3.8, 4) is 0 Å². The zero-order valence-corrected chi connectivity index (χ0v) is 12.7. The van der Waals surface area contributed by atoms with Gasteiger partial charge in [-0.25, -0.2) is 0 Å². The van der Waals surface area contributed by atoms with Crippen molar-refractivity contribution in [2.24, 2.45) is 0 Å². The number of carbonyl (C=O) groups is 2. The second-order valence-corrected chi connectivity index (χ2v) is 5.02. The number of carbonyl (C=O) groups excluding carboxylic acids is 2. The summed E-state index contributed by atoms with van der Waals surface area (Å²) in [6, 6.07) is 7.74. The Morgan fingerprint density at radius 3 is 2.55 bits per heavy atom. The molecule has 20 heavy (non-hydrogen) atoms. The summed E-state index contributed by atoms with van der Waals surface area (Å²) in [6.07, 6.45) is 0. The van der Waals surface area contributed by atoms with E-state index in [1.807, 2.05) is 0 Å². The van der Waals surface area contributed by atoms with E-state index < -0.39 is 5.91 Å². The lowest BCUT2D eigenvalue weighted by molar-refractivity contribution is 0.0960. The fraction of sp³-hybridized carbons (Fsp3) is 0.0769. The molecule has 1 aromatic heterocycles. The van der Waals surface area contributed by atoms with Crippen LogP contribution in [0.25, 0.3) is 0 Å². The average Bonchev–Trinajstić information content (AvgIpc) is 2.87. The Hall–Kier alpha value is -1.79. The third kappa shape index (κ3) is 3.20. The van der Waals surface area contributed by atoms with Crippen molar-refractivity contribution in [1.82, 2.24) is 5.32 Å². The first kappa shape index (κ1) is 14.6. The summed E-state index contributed by atoms with van der Waals surface area (Å²) in [4.78, 5) is 23.5. The lowest BCUT2D eigenvalue weighted by atomic mass is 10.2. The van der Waals surface area contributed by atoms with Gasteiger partial charge in [0, 0.05) is 12.6 Å². The summed E-state index contributed by atoms with van der Waals surface area (Å²) in [7, 11) is 1.52. The fourth-order valence-electron chi connectivity index (χ4n) is 1.53. The van der Waals surface area contributed by atoms with Gasteiger partial charge in [-0.15, -0.1) is 0 Å². The van der Waals surface area contributed by atoms with Gasteiger partial charge in [-0.1, -0.05) is 11.6 Å². The van der Waals surface area contributed by atoms with E-state index >= 15 is 0 Å². The normalized spacial score (nSPS) is 10.2. The van der Waals surface area contributed by atoms with E-state index in [0.717, 1.165) is 0 Å². The first-order valence-corrected chi connectivity index (χ1v) is 6.76. The summed E-state index contributed by atoms with van der Waals surface area (Å²) in [5, 5.41) is 5.42. The number of nitrogens with one attached hydrogen (secondary N) is 2. The molecule has 1 heterocycles. The highest BCUT2D eigenvalue weighted by Crippen LogP contribution is 2.24. The lowest BCUT2D eigenvalue weighted by Crippen LogP contribution is -2.18. The van der Waals surface area contributed by atoms with Gasteiger partial charge in [-0.3, -0.25) is 9.59 Å². The third-order valence-corrected chi connectivity index (χ3v) is 3.26. The number of anilines is 1. The van der Waals surface area contributed by atoms with Crippen LogP contribution in [-0.4, -0.2) is 18.9 Å². The zero-order chi connectivity index (χ0) is 14.7. The second kappa shape index (κ2) is 6.11. The van der Waals surface area contributed by atoms with Crippen molar-refractivity contribution < 1.29 is 14.0 Å². The highest BCUT2D eigenvalue weighted by molar-refractivity contribution is 9.10. The van der Waals surface area contributed by atoms with Crippen LogP contribution in [0.4, 0.5) is 5.69 Å². The van der Waals surface area contributed by atoms with Crippen molar-refractivity contribution in [2.75, 3.05) is 12.4 Å². The smallest absolute Gasteiger partial charge is 0.291 e. The molecule has 0 spiro atoms. The minimum absolute atomic E-state index is 0.137. The molecule has 7 heteroatoms. The Balaban J connectivity index is 2.24.